The Bertz CT molecular complexity index is 889. The molecule has 0 saturated carbocycles. The molecule has 1 amide bonds. The van der Waals surface area contributed by atoms with Crippen molar-refractivity contribution >= 4 is 39.2 Å². The highest BCUT2D eigenvalue weighted by Crippen LogP contribution is 2.28. The maximum Gasteiger partial charge on any atom is 0.355 e. The van der Waals surface area contributed by atoms with Crippen LogP contribution in [-0.2, 0) is 19.6 Å². The van der Waals surface area contributed by atoms with Gasteiger partial charge in [0.2, 0.25) is 5.91 Å². The number of ether oxygens (including phenoxy) is 1. The lowest BCUT2D eigenvalue weighted by Crippen LogP contribution is -2.21. The van der Waals surface area contributed by atoms with E-state index in [1.807, 2.05) is 0 Å². The number of amides is 1. The van der Waals surface area contributed by atoms with Crippen molar-refractivity contribution in [3.63, 3.8) is 0 Å². The lowest BCUT2D eigenvalue weighted by atomic mass is 10.3. The molecule has 0 radical (unpaired) electrons. The molecule has 0 bridgehead atoms. The predicted octanol–water partition coefficient (Wildman–Crippen LogP) is 2.51. The van der Waals surface area contributed by atoms with E-state index in [4.69, 9.17) is 16.3 Å². The van der Waals surface area contributed by atoms with E-state index in [1.54, 1.807) is 6.92 Å². The molecule has 0 unspecified atom stereocenters. The Balaban J connectivity index is 2.60. The van der Waals surface area contributed by atoms with Gasteiger partial charge in [0, 0.05) is 18.1 Å². The molecule has 1 aromatic carbocycles. The summed E-state index contributed by atoms with van der Waals surface area (Å²) in [6.45, 7) is 2.98. The Morgan fingerprint density at radius 1 is 1.29 bits per heavy atom. The van der Waals surface area contributed by atoms with Gasteiger partial charge in [-0.3, -0.25) is 4.79 Å². The first-order valence-corrected chi connectivity index (χ1v) is 8.76. The van der Waals surface area contributed by atoms with Crippen LogP contribution in [0, 0.1) is 0 Å². The van der Waals surface area contributed by atoms with Crippen molar-refractivity contribution in [2.24, 2.45) is 0 Å². The lowest BCUT2D eigenvalue weighted by molar-refractivity contribution is -0.114. The molecule has 0 aliphatic carbocycles. The van der Waals surface area contributed by atoms with Crippen LogP contribution in [0.5, 0.6) is 0 Å². The van der Waals surface area contributed by atoms with E-state index in [-0.39, 0.29) is 27.9 Å². The normalized spacial score (nSPS) is 11.1. The summed E-state index contributed by atoms with van der Waals surface area (Å²) in [5.41, 5.74) is -0.0824. The van der Waals surface area contributed by atoms with Crippen LogP contribution in [0.2, 0.25) is 5.02 Å². The number of nitrogens with zero attached hydrogens (tertiary/aromatic N) is 1. The number of benzene rings is 1. The van der Waals surface area contributed by atoms with Crippen molar-refractivity contribution in [2.75, 3.05) is 11.9 Å². The molecule has 0 aliphatic heterocycles. The number of aromatic nitrogens is 1. The summed E-state index contributed by atoms with van der Waals surface area (Å²) >= 11 is 5.89. The van der Waals surface area contributed by atoms with Crippen LogP contribution in [0.4, 0.5) is 5.69 Å². The van der Waals surface area contributed by atoms with Gasteiger partial charge in [0.15, 0.2) is 0 Å². The van der Waals surface area contributed by atoms with E-state index in [2.05, 4.69) is 5.32 Å². The maximum atomic E-state index is 12.9. The molecule has 2 aromatic rings. The number of carbonyl (C=O) groups excluding carboxylic acids is 2. The summed E-state index contributed by atoms with van der Waals surface area (Å²) in [6, 6.07) is 6.78. The average molecular weight is 371 g/mol. The van der Waals surface area contributed by atoms with Crippen molar-refractivity contribution in [2.45, 2.75) is 18.7 Å². The minimum atomic E-state index is -4.17. The molecule has 128 valence electrons. The highest BCUT2D eigenvalue weighted by molar-refractivity contribution is 7.90. The van der Waals surface area contributed by atoms with Crippen LogP contribution in [0.15, 0.2) is 41.4 Å². The molecule has 0 atom stereocenters. The average Bonchev–Trinajstić information content (AvgIpc) is 2.99. The number of nitrogens with one attached hydrogen (secondary N) is 1. The van der Waals surface area contributed by atoms with Crippen LogP contribution >= 0.6 is 11.6 Å². The molecular weight excluding hydrogens is 356 g/mol. The molecule has 1 heterocycles. The summed E-state index contributed by atoms with van der Waals surface area (Å²) in [5, 5.41) is 2.61. The molecule has 0 aliphatic rings. The molecule has 7 nitrogen and oxygen atoms in total. The van der Waals surface area contributed by atoms with Gasteiger partial charge >= 0.3 is 5.97 Å². The Kier molecular flexibility index (Phi) is 5.30. The fourth-order valence-electron chi connectivity index (χ4n) is 2.05. The molecule has 2 rings (SSSR count). The number of esters is 1. The van der Waals surface area contributed by atoms with Gasteiger partial charge in [0.25, 0.3) is 10.0 Å². The second kappa shape index (κ2) is 7.06. The fraction of sp³-hybridized carbons (Fsp3) is 0.200. The van der Waals surface area contributed by atoms with Crippen molar-refractivity contribution in [1.82, 2.24) is 3.97 Å². The summed E-state index contributed by atoms with van der Waals surface area (Å²) in [6.07, 6.45) is 1.22. The Labute approximate surface area is 144 Å². The number of anilines is 1. The van der Waals surface area contributed by atoms with Crippen LogP contribution in [0.3, 0.4) is 0 Å². The van der Waals surface area contributed by atoms with Crippen LogP contribution in [-0.4, -0.2) is 30.9 Å². The van der Waals surface area contributed by atoms with Gasteiger partial charge in [0.05, 0.1) is 12.3 Å². The fourth-order valence-corrected chi connectivity index (χ4v) is 3.79. The van der Waals surface area contributed by atoms with E-state index in [1.165, 1.54) is 43.5 Å². The molecule has 24 heavy (non-hydrogen) atoms. The van der Waals surface area contributed by atoms with Gasteiger partial charge in [-0.15, -0.1) is 0 Å². The topological polar surface area (TPSA) is 94.5 Å². The third kappa shape index (κ3) is 3.60. The van der Waals surface area contributed by atoms with E-state index in [0.717, 1.165) is 3.97 Å². The van der Waals surface area contributed by atoms with Crippen LogP contribution in [0.1, 0.15) is 24.3 Å². The summed E-state index contributed by atoms with van der Waals surface area (Å²) < 4.78 is 31.5. The molecular formula is C15H15ClN2O5S. The molecule has 0 spiro atoms. The molecule has 0 saturated heterocycles. The highest BCUT2D eigenvalue weighted by atomic mass is 35.5. The van der Waals surface area contributed by atoms with Gasteiger partial charge in [-0.2, -0.15) is 0 Å². The van der Waals surface area contributed by atoms with Crippen molar-refractivity contribution in [1.29, 1.82) is 0 Å². The Morgan fingerprint density at radius 2 is 2.00 bits per heavy atom. The highest BCUT2D eigenvalue weighted by Gasteiger charge is 2.26. The zero-order chi connectivity index (χ0) is 17.9. The minimum Gasteiger partial charge on any atom is -0.461 e. The zero-order valence-electron chi connectivity index (χ0n) is 12.9. The second-order valence-corrected chi connectivity index (χ2v) is 6.96. The van der Waals surface area contributed by atoms with Crippen LogP contribution < -0.4 is 5.32 Å². The Hall–Kier alpha value is -2.32. The van der Waals surface area contributed by atoms with E-state index in [9.17, 15) is 18.0 Å². The number of hydrogen-bond acceptors (Lipinski definition) is 5. The maximum absolute atomic E-state index is 12.9. The minimum absolute atomic E-state index is 0.0652. The largest absolute Gasteiger partial charge is 0.461 e. The molecule has 0 fully saturated rings. The van der Waals surface area contributed by atoms with Gasteiger partial charge in [-0.25, -0.2) is 17.2 Å². The lowest BCUT2D eigenvalue weighted by Gasteiger charge is -2.14. The SMILES string of the molecule is CCOC(=O)c1cccn1S(=O)(=O)c1cc(Cl)ccc1NC(C)=O. The second-order valence-electron chi connectivity index (χ2n) is 4.74. The first kappa shape index (κ1) is 18.0. The number of carbonyl (C=O) groups is 2. The predicted molar refractivity (Wildman–Crippen MR) is 88.7 cm³/mol. The van der Waals surface area contributed by atoms with Crippen molar-refractivity contribution in [3.05, 3.63) is 47.2 Å². The van der Waals surface area contributed by atoms with E-state index in [0.29, 0.717) is 0 Å². The molecule has 1 aromatic heterocycles. The third-order valence-corrected chi connectivity index (χ3v) is 4.95. The third-order valence-electron chi connectivity index (χ3n) is 2.99. The first-order chi connectivity index (χ1) is 11.3. The standard InChI is InChI=1S/C15H15ClN2O5S/c1-3-23-15(20)13-5-4-8-18(13)24(21,22)14-9-11(16)6-7-12(14)17-10(2)19/h4-9H,3H2,1-2H3,(H,17,19). The number of rotatable bonds is 5. The van der Waals surface area contributed by atoms with Gasteiger partial charge in [-0.05, 0) is 37.3 Å². The van der Waals surface area contributed by atoms with Gasteiger partial charge in [0.1, 0.15) is 10.6 Å². The Morgan fingerprint density at radius 3 is 2.62 bits per heavy atom. The zero-order valence-corrected chi connectivity index (χ0v) is 14.5. The number of halogens is 1. The first-order valence-electron chi connectivity index (χ1n) is 6.94. The molecule has 9 heteroatoms. The van der Waals surface area contributed by atoms with E-state index >= 15 is 0 Å². The quantitative estimate of drug-likeness (QED) is 0.816. The smallest absolute Gasteiger partial charge is 0.355 e. The summed E-state index contributed by atoms with van der Waals surface area (Å²) in [4.78, 5) is 23.0. The summed E-state index contributed by atoms with van der Waals surface area (Å²) in [7, 11) is -4.17. The van der Waals surface area contributed by atoms with Crippen molar-refractivity contribution < 1.29 is 22.7 Å². The van der Waals surface area contributed by atoms with E-state index < -0.39 is 21.9 Å². The van der Waals surface area contributed by atoms with Gasteiger partial charge in [-0.1, -0.05) is 11.6 Å². The number of hydrogen-bond donors (Lipinski definition) is 1. The van der Waals surface area contributed by atoms with Crippen LogP contribution in [0.25, 0.3) is 0 Å². The monoisotopic (exact) mass is 370 g/mol. The molecule has 1 N–H and O–H groups in total. The summed E-state index contributed by atoms with van der Waals surface area (Å²) in [5.74, 6) is -1.21. The van der Waals surface area contributed by atoms with Crippen molar-refractivity contribution in [3.8, 4) is 0 Å². The van der Waals surface area contributed by atoms with Gasteiger partial charge < -0.3 is 10.1 Å².